The van der Waals surface area contributed by atoms with Crippen LogP contribution in [-0.4, -0.2) is 34.2 Å². The van der Waals surface area contributed by atoms with Gasteiger partial charge in [0.1, 0.15) is 0 Å². The molecule has 0 saturated carbocycles. The Hall–Kier alpha value is 0.350. The number of hydrogen-bond donors (Lipinski definition) is 2. The van der Waals surface area contributed by atoms with Crippen molar-refractivity contribution in [1.29, 1.82) is 0 Å². The van der Waals surface area contributed by atoms with Gasteiger partial charge in [-0.2, -0.15) is 0 Å². The number of rotatable bonds is 4. The SMILES string of the molecule is CC[PH](CC)(C(C)O)C(C)O. The number of aliphatic hydroxyl groups excluding tert-OH is 2. The molecule has 0 aromatic rings. The maximum absolute atomic E-state index is 9.53. The Morgan fingerprint density at radius 3 is 1.27 bits per heavy atom. The summed E-state index contributed by atoms with van der Waals surface area (Å²) in [7, 11) is -1.79. The van der Waals surface area contributed by atoms with E-state index in [2.05, 4.69) is 13.8 Å². The normalized spacial score (nSPS) is 19.5. The van der Waals surface area contributed by atoms with Crippen LogP contribution in [-0.2, 0) is 0 Å². The van der Waals surface area contributed by atoms with Crippen molar-refractivity contribution >= 4 is 7.26 Å². The zero-order valence-corrected chi connectivity index (χ0v) is 8.96. The summed E-state index contributed by atoms with van der Waals surface area (Å²) in [5.74, 6) is -0.588. The monoisotopic (exact) mass is 180 g/mol. The van der Waals surface area contributed by atoms with E-state index in [-0.39, 0.29) is 11.7 Å². The van der Waals surface area contributed by atoms with Gasteiger partial charge in [-0.05, 0) is 0 Å². The van der Waals surface area contributed by atoms with Crippen LogP contribution < -0.4 is 0 Å². The van der Waals surface area contributed by atoms with Crippen LogP contribution in [0.5, 0.6) is 0 Å². The van der Waals surface area contributed by atoms with E-state index < -0.39 is 7.26 Å². The van der Waals surface area contributed by atoms with Crippen LogP contribution in [0.15, 0.2) is 0 Å². The van der Waals surface area contributed by atoms with Gasteiger partial charge in [-0.1, -0.05) is 0 Å². The van der Waals surface area contributed by atoms with Gasteiger partial charge in [0.15, 0.2) is 0 Å². The van der Waals surface area contributed by atoms with Gasteiger partial charge in [-0.3, -0.25) is 0 Å². The minimum absolute atomic E-state index is 0.294. The van der Waals surface area contributed by atoms with Crippen molar-refractivity contribution in [2.24, 2.45) is 0 Å². The summed E-state index contributed by atoms with van der Waals surface area (Å²) >= 11 is 0. The van der Waals surface area contributed by atoms with Crippen LogP contribution in [0.3, 0.4) is 0 Å². The zero-order chi connectivity index (χ0) is 9.07. The molecule has 3 heteroatoms. The van der Waals surface area contributed by atoms with Gasteiger partial charge in [0, 0.05) is 0 Å². The predicted molar refractivity (Wildman–Crippen MR) is 52.8 cm³/mol. The molecule has 0 radical (unpaired) electrons. The van der Waals surface area contributed by atoms with Gasteiger partial charge in [0.2, 0.25) is 0 Å². The van der Waals surface area contributed by atoms with Gasteiger partial charge in [-0.25, -0.2) is 0 Å². The van der Waals surface area contributed by atoms with Gasteiger partial charge in [0.25, 0.3) is 0 Å². The Labute approximate surface area is 70.0 Å². The Balaban J connectivity index is 4.46. The van der Waals surface area contributed by atoms with Crippen LogP contribution in [0.25, 0.3) is 0 Å². The topological polar surface area (TPSA) is 40.5 Å². The van der Waals surface area contributed by atoms with Gasteiger partial charge < -0.3 is 0 Å². The fourth-order valence-corrected chi connectivity index (χ4v) is 5.34. The molecule has 0 spiro atoms. The first-order valence-electron chi connectivity index (χ1n) is 4.37. The molecule has 0 saturated heterocycles. The molecule has 0 rings (SSSR count). The number of hydrogen-bond acceptors (Lipinski definition) is 2. The molecule has 0 aliphatic heterocycles. The molecular weight excluding hydrogens is 159 g/mol. The zero-order valence-electron chi connectivity index (χ0n) is 7.96. The molecule has 11 heavy (non-hydrogen) atoms. The van der Waals surface area contributed by atoms with Crippen LogP contribution in [0.4, 0.5) is 0 Å². The summed E-state index contributed by atoms with van der Waals surface area (Å²) in [6, 6.07) is 0. The van der Waals surface area contributed by atoms with Crippen molar-refractivity contribution in [3.05, 3.63) is 0 Å². The first-order chi connectivity index (χ1) is 5.01. The quantitative estimate of drug-likeness (QED) is 0.643. The standard InChI is InChI=1S/C8H21O2P/c1-5-11(6-2,7(3)9)8(4)10/h7-11H,5-6H2,1-4H3. The molecule has 0 aromatic heterocycles. The molecule has 70 valence electrons. The molecule has 2 atom stereocenters. The Bertz CT molecular complexity index is 98.7. The third kappa shape index (κ3) is 2.14. The van der Waals surface area contributed by atoms with E-state index in [1.165, 1.54) is 0 Å². The molecule has 0 aliphatic rings. The molecule has 2 nitrogen and oxygen atoms in total. The average molecular weight is 180 g/mol. The molecule has 0 heterocycles. The summed E-state index contributed by atoms with van der Waals surface area (Å²) in [5, 5.41) is 19.1. The van der Waals surface area contributed by atoms with Crippen LogP contribution >= 0.6 is 7.26 Å². The predicted octanol–water partition coefficient (Wildman–Crippen LogP) is 1.45. The summed E-state index contributed by atoms with van der Waals surface area (Å²) in [4.78, 5) is 0. The fraction of sp³-hybridized carbons (Fsp3) is 1.00. The third-order valence-electron chi connectivity index (χ3n) is 2.98. The molecular formula is C8H21O2P. The van der Waals surface area contributed by atoms with E-state index in [0.29, 0.717) is 0 Å². The first kappa shape index (κ1) is 11.4. The van der Waals surface area contributed by atoms with Crippen LogP contribution in [0, 0.1) is 0 Å². The van der Waals surface area contributed by atoms with E-state index in [9.17, 15) is 10.2 Å². The summed E-state index contributed by atoms with van der Waals surface area (Å²) in [5.41, 5.74) is 0. The molecule has 0 fully saturated rings. The van der Waals surface area contributed by atoms with Crippen molar-refractivity contribution in [2.75, 3.05) is 12.3 Å². The fourth-order valence-electron chi connectivity index (χ4n) is 1.78. The second kappa shape index (κ2) is 4.39. The van der Waals surface area contributed by atoms with E-state index in [1.54, 1.807) is 0 Å². The van der Waals surface area contributed by atoms with Gasteiger partial charge >= 0.3 is 69.2 Å². The summed E-state index contributed by atoms with van der Waals surface area (Å²) in [6.07, 6.45) is 1.91. The van der Waals surface area contributed by atoms with E-state index in [1.807, 2.05) is 13.8 Å². The van der Waals surface area contributed by atoms with Crippen molar-refractivity contribution < 1.29 is 10.2 Å². The third-order valence-corrected chi connectivity index (χ3v) is 8.94. The van der Waals surface area contributed by atoms with E-state index in [0.717, 1.165) is 12.3 Å². The second-order valence-corrected chi connectivity index (χ2v) is 8.84. The van der Waals surface area contributed by atoms with E-state index >= 15 is 0 Å². The van der Waals surface area contributed by atoms with E-state index in [4.69, 9.17) is 0 Å². The molecule has 0 amide bonds. The van der Waals surface area contributed by atoms with Gasteiger partial charge in [0.05, 0.1) is 0 Å². The average Bonchev–Trinajstić information content (AvgIpc) is 1.90. The summed E-state index contributed by atoms with van der Waals surface area (Å²) in [6.45, 7) is 7.75. The number of aliphatic hydroxyl groups is 2. The maximum atomic E-state index is 9.53. The van der Waals surface area contributed by atoms with Crippen LogP contribution in [0.2, 0.25) is 0 Å². The first-order valence-corrected chi connectivity index (χ1v) is 6.94. The van der Waals surface area contributed by atoms with Crippen molar-refractivity contribution in [3.8, 4) is 0 Å². The van der Waals surface area contributed by atoms with Crippen molar-refractivity contribution in [3.63, 3.8) is 0 Å². The molecule has 2 unspecified atom stereocenters. The van der Waals surface area contributed by atoms with Crippen LogP contribution in [0.1, 0.15) is 27.7 Å². The summed E-state index contributed by atoms with van der Waals surface area (Å²) < 4.78 is 0. The minimum atomic E-state index is -1.79. The molecule has 0 aliphatic carbocycles. The second-order valence-electron chi connectivity index (χ2n) is 3.29. The Kier molecular flexibility index (Phi) is 4.53. The Morgan fingerprint density at radius 2 is 1.27 bits per heavy atom. The molecule has 0 bridgehead atoms. The van der Waals surface area contributed by atoms with Gasteiger partial charge in [-0.15, -0.1) is 0 Å². The molecule has 0 aromatic carbocycles. The molecule has 2 N–H and O–H groups in total. The van der Waals surface area contributed by atoms with Crippen molar-refractivity contribution in [2.45, 2.75) is 39.4 Å². The van der Waals surface area contributed by atoms with Crippen molar-refractivity contribution in [1.82, 2.24) is 0 Å². The Morgan fingerprint density at radius 1 is 1.00 bits per heavy atom.